The molecule has 0 radical (unpaired) electrons. The van der Waals surface area contributed by atoms with Gasteiger partial charge in [-0.15, -0.1) is 0 Å². The summed E-state index contributed by atoms with van der Waals surface area (Å²) in [4.78, 5) is 26.1. The van der Waals surface area contributed by atoms with Gasteiger partial charge in [-0.3, -0.25) is 9.69 Å². The highest BCUT2D eigenvalue weighted by Crippen LogP contribution is 2.37. The maximum atomic E-state index is 12.9. The van der Waals surface area contributed by atoms with Crippen molar-refractivity contribution in [3.63, 3.8) is 0 Å². The third-order valence-corrected chi connectivity index (χ3v) is 5.70. The number of carboxylic acids is 1. The van der Waals surface area contributed by atoms with Crippen LogP contribution in [0.1, 0.15) is 11.1 Å². The summed E-state index contributed by atoms with van der Waals surface area (Å²) in [7, 11) is 0. The van der Waals surface area contributed by atoms with Gasteiger partial charge in [0.2, 0.25) is 6.79 Å². The summed E-state index contributed by atoms with van der Waals surface area (Å²) < 4.78 is 10.8. The summed E-state index contributed by atoms with van der Waals surface area (Å²) in [6.45, 7) is 0.160. The fourth-order valence-electron chi connectivity index (χ4n) is 3.02. The molecule has 2 aromatic rings. The Labute approximate surface area is 170 Å². The second kappa shape index (κ2) is 7.65. The largest absolute Gasteiger partial charge is 0.548 e. The van der Waals surface area contributed by atoms with Crippen molar-refractivity contribution in [2.24, 2.45) is 0 Å². The first-order valence-corrected chi connectivity index (χ1v) is 9.67. The number of ether oxygens (including phenoxy) is 2. The van der Waals surface area contributed by atoms with E-state index in [0.717, 1.165) is 27.8 Å². The molecule has 0 bridgehead atoms. The molecule has 1 amide bonds. The van der Waals surface area contributed by atoms with Crippen molar-refractivity contribution in [3.05, 3.63) is 64.6 Å². The van der Waals surface area contributed by atoms with Gasteiger partial charge in [0, 0.05) is 0 Å². The maximum absolute atomic E-state index is 12.9. The Hall–Kier alpha value is -2.84. The van der Waals surface area contributed by atoms with E-state index in [1.807, 2.05) is 18.2 Å². The van der Waals surface area contributed by atoms with Crippen LogP contribution in [0.2, 0.25) is 0 Å². The number of rotatable bonds is 5. The molecule has 2 aliphatic rings. The summed E-state index contributed by atoms with van der Waals surface area (Å²) in [6, 6.07) is 13.2. The molecule has 2 aromatic carbocycles. The monoisotopic (exact) mass is 412 g/mol. The fourth-order valence-corrected chi connectivity index (χ4v) is 4.38. The Morgan fingerprint density at radius 3 is 2.71 bits per heavy atom. The molecule has 4 rings (SSSR count). The van der Waals surface area contributed by atoms with E-state index < -0.39 is 17.9 Å². The van der Waals surface area contributed by atoms with Crippen molar-refractivity contribution in [3.8, 4) is 11.5 Å². The highest BCUT2D eigenvalue weighted by atomic mass is 32.2. The molecule has 28 heavy (non-hydrogen) atoms. The maximum Gasteiger partial charge on any atom is 0.266 e. The summed E-state index contributed by atoms with van der Waals surface area (Å²) in [5.41, 5.74) is 1.52. The van der Waals surface area contributed by atoms with Gasteiger partial charge in [0.05, 0.1) is 16.9 Å². The number of nitrogens with zero attached hydrogens (tertiary/aromatic N) is 1. The highest BCUT2D eigenvalue weighted by Gasteiger charge is 2.37. The molecular formula is C20H14NO5S2-. The van der Waals surface area contributed by atoms with Crippen LogP contribution in [0.25, 0.3) is 6.08 Å². The Bertz CT molecular complexity index is 989. The van der Waals surface area contributed by atoms with E-state index in [0.29, 0.717) is 16.4 Å². The highest BCUT2D eigenvalue weighted by molar-refractivity contribution is 8.26. The van der Waals surface area contributed by atoms with Crippen molar-refractivity contribution in [1.29, 1.82) is 0 Å². The number of carboxylic acid groups (broad SMARTS) is 1. The molecule has 1 atom stereocenters. The predicted molar refractivity (Wildman–Crippen MR) is 107 cm³/mol. The van der Waals surface area contributed by atoms with Crippen LogP contribution in [0.4, 0.5) is 0 Å². The number of aliphatic carboxylic acids is 1. The van der Waals surface area contributed by atoms with Crippen LogP contribution >= 0.6 is 24.0 Å². The lowest BCUT2D eigenvalue weighted by Gasteiger charge is -2.27. The van der Waals surface area contributed by atoms with Crippen LogP contribution in [0.15, 0.2) is 53.4 Å². The number of hydrogen-bond acceptors (Lipinski definition) is 7. The van der Waals surface area contributed by atoms with E-state index in [1.54, 1.807) is 36.4 Å². The van der Waals surface area contributed by atoms with Crippen molar-refractivity contribution >= 4 is 46.3 Å². The van der Waals surface area contributed by atoms with Gasteiger partial charge in [-0.05, 0) is 35.8 Å². The number of amides is 1. The molecule has 0 aliphatic carbocycles. The number of hydrogen-bond donors (Lipinski definition) is 0. The lowest BCUT2D eigenvalue weighted by atomic mass is 10.0. The smallest absolute Gasteiger partial charge is 0.266 e. The molecule has 2 heterocycles. The van der Waals surface area contributed by atoms with E-state index in [9.17, 15) is 14.7 Å². The van der Waals surface area contributed by atoms with Crippen molar-refractivity contribution < 1.29 is 24.2 Å². The van der Waals surface area contributed by atoms with E-state index >= 15 is 0 Å². The molecule has 142 valence electrons. The topological polar surface area (TPSA) is 78.9 Å². The van der Waals surface area contributed by atoms with Crippen molar-refractivity contribution in [1.82, 2.24) is 4.90 Å². The molecule has 0 saturated carbocycles. The molecule has 0 N–H and O–H groups in total. The van der Waals surface area contributed by atoms with E-state index in [2.05, 4.69) is 0 Å². The van der Waals surface area contributed by atoms with Crippen molar-refractivity contribution in [2.45, 2.75) is 12.5 Å². The van der Waals surface area contributed by atoms with E-state index in [4.69, 9.17) is 21.7 Å². The number of thiocarbonyl (C=S) groups is 1. The Kier molecular flexibility index (Phi) is 5.06. The molecule has 1 saturated heterocycles. The third-order valence-electron chi connectivity index (χ3n) is 4.37. The van der Waals surface area contributed by atoms with Gasteiger partial charge >= 0.3 is 0 Å². The molecular weight excluding hydrogens is 398 g/mol. The molecule has 1 fully saturated rings. The second-order valence-electron chi connectivity index (χ2n) is 6.19. The SMILES string of the molecule is O=C([O-])[C@@H](Cc1ccccc1)N1C(=O)/C(=C/c2ccc3c(c2)OCO3)SC1=S. The number of fused-ring (bicyclic) bond motifs is 1. The lowest BCUT2D eigenvalue weighted by molar-refractivity contribution is -0.310. The van der Waals surface area contributed by atoms with Gasteiger partial charge < -0.3 is 19.4 Å². The van der Waals surface area contributed by atoms with Crippen molar-refractivity contribution in [2.75, 3.05) is 6.79 Å². The van der Waals surface area contributed by atoms with Crippen LogP contribution in [-0.2, 0) is 16.0 Å². The summed E-state index contributed by atoms with van der Waals surface area (Å²) >= 11 is 6.37. The van der Waals surface area contributed by atoms with Gasteiger partial charge in [-0.25, -0.2) is 0 Å². The molecule has 0 unspecified atom stereocenters. The van der Waals surface area contributed by atoms with Crippen LogP contribution in [0.5, 0.6) is 11.5 Å². The van der Waals surface area contributed by atoms with Gasteiger partial charge in [-0.2, -0.15) is 0 Å². The number of carbonyl (C=O) groups excluding carboxylic acids is 2. The van der Waals surface area contributed by atoms with Gasteiger partial charge in [0.25, 0.3) is 5.91 Å². The quantitative estimate of drug-likeness (QED) is 0.549. The van der Waals surface area contributed by atoms with Gasteiger partial charge in [0.1, 0.15) is 4.32 Å². The average Bonchev–Trinajstić information content (AvgIpc) is 3.25. The normalized spacial score (nSPS) is 18.0. The Balaban J connectivity index is 1.59. The third kappa shape index (κ3) is 3.61. The van der Waals surface area contributed by atoms with Crippen LogP contribution < -0.4 is 14.6 Å². The predicted octanol–water partition coefficient (Wildman–Crippen LogP) is 1.98. The fraction of sp³-hybridized carbons (Fsp3) is 0.150. The zero-order chi connectivity index (χ0) is 19.7. The zero-order valence-corrected chi connectivity index (χ0v) is 16.1. The lowest BCUT2D eigenvalue weighted by Crippen LogP contribution is -2.51. The first kappa shape index (κ1) is 18.5. The minimum atomic E-state index is -1.34. The van der Waals surface area contributed by atoms with Crippen LogP contribution in [0.3, 0.4) is 0 Å². The molecule has 8 heteroatoms. The van der Waals surface area contributed by atoms with Crippen LogP contribution in [-0.4, -0.2) is 33.9 Å². The van der Waals surface area contributed by atoms with E-state index in [-0.39, 0.29) is 17.5 Å². The van der Waals surface area contributed by atoms with Crippen LogP contribution in [0, 0.1) is 0 Å². The molecule has 0 spiro atoms. The molecule has 6 nitrogen and oxygen atoms in total. The molecule has 2 aliphatic heterocycles. The Morgan fingerprint density at radius 1 is 1.21 bits per heavy atom. The molecule has 0 aromatic heterocycles. The average molecular weight is 412 g/mol. The first-order chi connectivity index (χ1) is 13.5. The van der Waals surface area contributed by atoms with Gasteiger partial charge in [0.15, 0.2) is 11.5 Å². The number of benzene rings is 2. The Morgan fingerprint density at radius 2 is 1.96 bits per heavy atom. The summed E-state index contributed by atoms with van der Waals surface area (Å²) in [5.74, 6) is -0.548. The number of carbonyl (C=O) groups is 2. The zero-order valence-electron chi connectivity index (χ0n) is 14.5. The summed E-state index contributed by atoms with van der Waals surface area (Å²) in [5, 5.41) is 11.8. The number of thioether (sulfide) groups is 1. The standard InChI is InChI=1S/C20H15NO5S2/c22-18-17(10-13-6-7-15-16(9-13)26-11-25-15)28-20(27)21(18)14(19(23)24)8-12-4-2-1-3-5-12/h1-7,9-10,14H,8,11H2,(H,23,24)/p-1/b17-10-/t14-/m1/s1. The van der Waals surface area contributed by atoms with E-state index in [1.165, 1.54) is 0 Å². The minimum absolute atomic E-state index is 0.118. The summed E-state index contributed by atoms with van der Waals surface area (Å²) in [6.07, 6.45) is 1.78. The second-order valence-corrected chi connectivity index (χ2v) is 7.86. The minimum Gasteiger partial charge on any atom is -0.548 e. The first-order valence-electron chi connectivity index (χ1n) is 8.44. The van der Waals surface area contributed by atoms with Gasteiger partial charge in [-0.1, -0.05) is 60.4 Å².